The van der Waals surface area contributed by atoms with Crippen molar-refractivity contribution in [2.24, 2.45) is 5.92 Å². The molecule has 45 heavy (non-hydrogen) atoms. The molecule has 0 aliphatic carbocycles. The van der Waals surface area contributed by atoms with E-state index in [1.54, 1.807) is 34.6 Å². The van der Waals surface area contributed by atoms with Crippen LogP contribution in [0.25, 0.3) is 0 Å². The van der Waals surface area contributed by atoms with E-state index >= 15 is 0 Å². The molecule has 11 nitrogen and oxygen atoms in total. The van der Waals surface area contributed by atoms with Crippen molar-refractivity contribution in [3.8, 4) is 0 Å². The molecule has 246 valence electrons. The van der Waals surface area contributed by atoms with Crippen molar-refractivity contribution in [1.29, 1.82) is 0 Å². The number of benzene rings is 2. The van der Waals surface area contributed by atoms with Gasteiger partial charge in [-0.1, -0.05) is 29.7 Å². The third-order valence-corrected chi connectivity index (χ3v) is 12.5. The van der Waals surface area contributed by atoms with Crippen LogP contribution in [0.3, 0.4) is 0 Å². The lowest BCUT2D eigenvalue weighted by Crippen LogP contribution is -2.49. The van der Waals surface area contributed by atoms with Gasteiger partial charge in [-0.05, 0) is 85.8 Å². The van der Waals surface area contributed by atoms with Gasteiger partial charge in [-0.2, -0.15) is 21.3 Å². The maximum atomic E-state index is 14.2. The summed E-state index contributed by atoms with van der Waals surface area (Å²) >= 11 is 6.18. The van der Waals surface area contributed by atoms with Crippen molar-refractivity contribution >= 4 is 37.5 Å². The van der Waals surface area contributed by atoms with E-state index < -0.39 is 20.2 Å². The molecule has 1 aromatic heterocycles. The Morgan fingerprint density at radius 1 is 0.867 bits per heavy atom. The molecule has 0 spiro atoms. The number of sulfonamides is 1. The quantitative estimate of drug-likeness (QED) is 0.370. The molecule has 0 bridgehead atoms. The predicted molar refractivity (Wildman–Crippen MR) is 176 cm³/mol. The molecule has 0 saturated carbocycles. The van der Waals surface area contributed by atoms with Crippen LogP contribution in [-0.2, 0) is 39.7 Å². The predicted octanol–water partition coefficient (Wildman–Crippen LogP) is 3.92. The summed E-state index contributed by atoms with van der Waals surface area (Å²) in [5.41, 5.74) is 3.70. The second-order valence-electron chi connectivity index (χ2n) is 12.2. The lowest BCUT2D eigenvalue weighted by Gasteiger charge is -2.36. The number of anilines is 1. The molecular weight excluding hydrogens is 636 g/mol. The molecule has 2 aliphatic heterocycles. The van der Waals surface area contributed by atoms with Crippen molar-refractivity contribution in [2.45, 2.75) is 44.2 Å². The van der Waals surface area contributed by atoms with Gasteiger partial charge in [-0.25, -0.2) is 8.42 Å². The number of hydrogen-bond donors (Lipinski definition) is 0. The van der Waals surface area contributed by atoms with Crippen LogP contribution >= 0.6 is 11.6 Å². The van der Waals surface area contributed by atoms with Crippen LogP contribution in [0.2, 0.25) is 5.02 Å². The number of aromatic nitrogens is 1. The van der Waals surface area contributed by atoms with E-state index in [0.717, 1.165) is 22.5 Å². The number of halogens is 1. The zero-order valence-electron chi connectivity index (χ0n) is 26.2. The number of fused-ring (bicyclic) bond motifs is 1. The molecule has 1 saturated heterocycles. The summed E-state index contributed by atoms with van der Waals surface area (Å²) in [6.45, 7) is 5.41. The summed E-state index contributed by atoms with van der Waals surface area (Å²) < 4.78 is 65.9. The molecule has 0 N–H and O–H groups in total. The fourth-order valence-corrected chi connectivity index (χ4v) is 9.59. The maximum absolute atomic E-state index is 14.2. The van der Waals surface area contributed by atoms with E-state index in [1.165, 1.54) is 14.9 Å². The minimum atomic E-state index is -3.83. The second-order valence-corrected chi connectivity index (χ2v) is 16.5. The SMILES string of the molecule is C[C@H]1CN(S(=O)(=O)c2ccc(N(C)C)cc2)CCCN(Cc2ccon2)CCCN(S(=O)(=O)N2CCc3cc(Cl)ccc3C2)C1. The van der Waals surface area contributed by atoms with E-state index in [4.69, 9.17) is 16.1 Å². The van der Waals surface area contributed by atoms with E-state index in [-0.39, 0.29) is 30.4 Å². The van der Waals surface area contributed by atoms with E-state index in [2.05, 4.69) is 10.1 Å². The summed E-state index contributed by atoms with van der Waals surface area (Å²) in [5, 5.41) is 4.70. The van der Waals surface area contributed by atoms with E-state index in [9.17, 15) is 16.8 Å². The summed E-state index contributed by atoms with van der Waals surface area (Å²) in [5.74, 6) is -0.239. The first kappa shape index (κ1) is 33.8. The summed E-state index contributed by atoms with van der Waals surface area (Å²) in [6.07, 6.45) is 3.37. The molecule has 2 aliphatic rings. The van der Waals surface area contributed by atoms with Crippen LogP contribution in [0, 0.1) is 5.92 Å². The van der Waals surface area contributed by atoms with Gasteiger partial charge in [0.25, 0.3) is 10.2 Å². The second kappa shape index (κ2) is 14.5. The Bertz CT molecular complexity index is 1630. The lowest BCUT2D eigenvalue weighted by atomic mass is 10.0. The van der Waals surface area contributed by atoms with Crippen molar-refractivity contribution < 1.29 is 21.4 Å². The maximum Gasteiger partial charge on any atom is 0.282 e. The van der Waals surface area contributed by atoms with Crippen LogP contribution < -0.4 is 4.90 Å². The van der Waals surface area contributed by atoms with Crippen molar-refractivity contribution in [3.05, 3.63) is 76.6 Å². The molecule has 3 aromatic rings. The number of hydrogen-bond acceptors (Lipinski definition) is 8. The highest BCUT2D eigenvalue weighted by Crippen LogP contribution is 2.27. The smallest absolute Gasteiger partial charge is 0.282 e. The van der Waals surface area contributed by atoms with Crippen LogP contribution in [0.1, 0.15) is 36.6 Å². The normalized spacial score (nSPS) is 20.7. The zero-order valence-corrected chi connectivity index (χ0v) is 28.6. The molecule has 14 heteroatoms. The Balaban J connectivity index is 1.40. The third-order valence-electron chi connectivity index (χ3n) is 8.46. The highest BCUT2D eigenvalue weighted by atomic mass is 35.5. The third kappa shape index (κ3) is 8.26. The Labute approximate surface area is 272 Å². The summed E-state index contributed by atoms with van der Waals surface area (Å²) in [6, 6.07) is 14.3. The Kier molecular flexibility index (Phi) is 10.9. The van der Waals surface area contributed by atoms with Gasteiger partial charge in [-0.3, -0.25) is 4.90 Å². The largest absolute Gasteiger partial charge is 0.378 e. The Morgan fingerprint density at radius 2 is 1.56 bits per heavy atom. The molecule has 5 rings (SSSR count). The fourth-order valence-electron chi connectivity index (χ4n) is 6.04. The monoisotopic (exact) mass is 678 g/mol. The first-order valence-corrected chi connectivity index (χ1v) is 18.6. The van der Waals surface area contributed by atoms with Crippen LogP contribution in [0.15, 0.2) is 64.2 Å². The summed E-state index contributed by atoms with van der Waals surface area (Å²) in [7, 11) is -3.84. The van der Waals surface area contributed by atoms with Crippen molar-refractivity contribution in [1.82, 2.24) is 23.0 Å². The molecule has 2 aromatic carbocycles. The van der Waals surface area contributed by atoms with Gasteiger partial charge in [0.2, 0.25) is 10.0 Å². The van der Waals surface area contributed by atoms with Gasteiger partial charge in [0.15, 0.2) is 0 Å². The first-order chi connectivity index (χ1) is 21.4. The van der Waals surface area contributed by atoms with Gasteiger partial charge in [0.05, 0.1) is 10.6 Å². The minimum Gasteiger partial charge on any atom is -0.378 e. The molecule has 0 unspecified atom stereocenters. The highest BCUT2D eigenvalue weighted by molar-refractivity contribution is 7.89. The standard InChI is InChI=1S/C31H43ClN6O5S2/c1-25-21-36(44(39,40)31-10-8-30(9-11-31)34(2)3)16-4-14-35(24-29-13-19-43-33-29)15-5-17-37(22-25)45(41,42)38-18-12-26-20-28(32)7-6-27(26)23-38/h6-11,13,19-20,25H,4-5,12,14-18,21-24H2,1-3H3/t25-/m0/s1. The Morgan fingerprint density at radius 3 is 2.22 bits per heavy atom. The molecule has 3 heterocycles. The number of rotatable bonds is 7. The topological polar surface area (TPSA) is 111 Å². The van der Waals surface area contributed by atoms with Crippen LogP contribution in [0.4, 0.5) is 5.69 Å². The van der Waals surface area contributed by atoms with Gasteiger partial charge < -0.3 is 9.42 Å². The van der Waals surface area contributed by atoms with E-state index in [0.29, 0.717) is 63.6 Å². The fraction of sp³-hybridized carbons (Fsp3) is 0.516. The van der Waals surface area contributed by atoms with Crippen molar-refractivity contribution in [3.63, 3.8) is 0 Å². The summed E-state index contributed by atoms with van der Waals surface area (Å²) in [4.78, 5) is 4.33. The average molecular weight is 679 g/mol. The number of nitrogens with zero attached hydrogens (tertiary/aromatic N) is 6. The molecule has 1 fully saturated rings. The molecule has 0 radical (unpaired) electrons. The van der Waals surface area contributed by atoms with Gasteiger partial charge in [0, 0.05) is 76.7 Å². The highest BCUT2D eigenvalue weighted by Gasteiger charge is 2.35. The van der Waals surface area contributed by atoms with Gasteiger partial charge in [0.1, 0.15) is 6.26 Å². The van der Waals surface area contributed by atoms with Gasteiger partial charge >= 0.3 is 0 Å². The molecular formula is C31H43ClN6O5S2. The molecule has 0 amide bonds. The van der Waals surface area contributed by atoms with Crippen molar-refractivity contribution in [2.75, 3.05) is 64.8 Å². The average Bonchev–Trinajstić information content (AvgIpc) is 3.52. The van der Waals surface area contributed by atoms with Gasteiger partial charge in [-0.15, -0.1) is 0 Å². The van der Waals surface area contributed by atoms with Crippen LogP contribution in [-0.4, -0.2) is 99.7 Å². The zero-order chi connectivity index (χ0) is 32.2. The molecule has 1 atom stereocenters. The lowest BCUT2D eigenvalue weighted by molar-refractivity contribution is 0.210. The van der Waals surface area contributed by atoms with Crippen LogP contribution in [0.5, 0.6) is 0 Å². The van der Waals surface area contributed by atoms with E-state index in [1.807, 2.05) is 44.1 Å². The minimum absolute atomic E-state index is 0.203. The first-order valence-electron chi connectivity index (χ1n) is 15.3. The Hall–Kier alpha value is -2.52.